The van der Waals surface area contributed by atoms with Gasteiger partial charge in [0.25, 0.3) is 5.88 Å². The van der Waals surface area contributed by atoms with Crippen molar-refractivity contribution >= 4 is 0 Å². The first-order valence-electron chi connectivity index (χ1n) is 5.21. The van der Waals surface area contributed by atoms with E-state index < -0.39 is 0 Å². The Kier molecular flexibility index (Phi) is 3.05. The summed E-state index contributed by atoms with van der Waals surface area (Å²) in [5, 5.41) is 9.65. The molecule has 0 bridgehead atoms. The minimum Gasteiger partial charge on any atom is -0.491 e. The van der Waals surface area contributed by atoms with Crippen molar-refractivity contribution in [3.05, 3.63) is 48.2 Å². The van der Waals surface area contributed by atoms with Crippen LogP contribution in [0.2, 0.25) is 0 Å². The molecule has 0 amide bonds. The molecule has 1 aromatic heterocycles. The molecule has 1 N–H and O–H groups in total. The summed E-state index contributed by atoms with van der Waals surface area (Å²) in [7, 11) is 0. The van der Waals surface area contributed by atoms with E-state index in [9.17, 15) is 5.11 Å². The largest absolute Gasteiger partial charge is 0.491 e. The molecule has 2 rings (SSSR count). The van der Waals surface area contributed by atoms with Crippen molar-refractivity contribution in [1.82, 2.24) is 4.98 Å². The molecule has 0 unspecified atom stereocenters. The SMILES string of the molecule is CCc1ccc(Oc2ccccc2)c(O)n1. The second-order valence-corrected chi connectivity index (χ2v) is 3.39. The van der Waals surface area contributed by atoms with Crippen LogP contribution in [0.15, 0.2) is 42.5 Å². The molecule has 0 atom stereocenters. The predicted molar refractivity (Wildman–Crippen MR) is 61.8 cm³/mol. The fourth-order valence-corrected chi connectivity index (χ4v) is 1.37. The molecule has 0 aliphatic heterocycles. The second kappa shape index (κ2) is 4.66. The van der Waals surface area contributed by atoms with Crippen molar-refractivity contribution < 1.29 is 9.84 Å². The summed E-state index contributed by atoms with van der Waals surface area (Å²) in [6, 6.07) is 12.9. The molecule has 3 heteroatoms. The van der Waals surface area contributed by atoms with E-state index in [0.717, 1.165) is 12.1 Å². The minimum absolute atomic E-state index is 0.0665. The highest BCUT2D eigenvalue weighted by Gasteiger charge is 2.05. The standard InChI is InChI=1S/C13H13NO2/c1-2-10-8-9-12(13(15)14-10)16-11-6-4-3-5-7-11/h3-9H,2H2,1H3,(H,14,15). The van der Waals surface area contributed by atoms with Crippen LogP contribution in [0.1, 0.15) is 12.6 Å². The molecule has 0 fully saturated rings. The van der Waals surface area contributed by atoms with Crippen LogP contribution < -0.4 is 4.74 Å². The maximum atomic E-state index is 9.65. The summed E-state index contributed by atoms with van der Waals surface area (Å²) < 4.78 is 5.50. The fourth-order valence-electron chi connectivity index (χ4n) is 1.37. The number of rotatable bonds is 3. The smallest absolute Gasteiger partial charge is 0.255 e. The van der Waals surface area contributed by atoms with E-state index in [2.05, 4.69) is 4.98 Å². The number of benzene rings is 1. The molecule has 1 heterocycles. The molecular formula is C13H13NO2. The average Bonchev–Trinajstić information content (AvgIpc) is 2.33. The van der Waals surface area contributed by atoms with Gasteiger partial charge in [0.1, 0.15) is 5.75 Å². The Hall–Kier alpha value is -2.03. The summed E-state index contributed by atoms with van der Waals surface area (Å²) in [6.45, 7) is 1.99. The molecule has 0 saturated carbocycles. The van der Waals surface area contributed by atoms with Gasteiger partial charge in [-0.25, -0.2) is 4.98 Å². The first-order chi connectivity index (χ1) is 7.79. The molecule has 0 saturated heterocycles. The Morgan fingerprint density at radius 2 is 1.88 bits per heavy atom. The van der Waals surface area contributed by atoms with Gasteiger partial charge in [0, 0.05) is 5.69 Å². The Balaban J connectivity index is 2.22. The normalized spacial score (nSPS) is 10.1. The molecule has 0 aliphatic rings. The van der Waals surface area contributed by atoms with Crippen LogP contribution in [0, 0.1) is 0 Å². The first-order valence-corrected chi connectivity index (χ1v) is 5.21. The monoisotopic (exact) mass is 215 g/mol. The van der Waals surface area contributed by atoms with Crippen molar-refractivity contribution in [3.8, 4) is 17.4 Å². The lowest BCUT2D eigenvalue weighted by Crippen LogP contribution is -1.90. The summed E-state index contributed by atoms with van der Waals surface area (Å²) in [4.78, 5) is 4.02. The summed E-state index contributed by atoms with van der Waals surface area (Å²) in [6.07, 6.45) is 0.791. The molecule has 0 radical (unpaired) electrons. The van der Waals surface area contributed by atoms with Crippen molar-refractivity contribution in [1.29, 1.82) is 0 Å². The molecule has 82 valence electrons. The third-order valence-corrected chi connectivity index (χ3v) is 2.23. The maximum absolute atomic E-state index is 9.65. The van der Waals surface area contributed by atoms with E-state index in [4.69, 9.17) is 4.74 Å². The molecule has 1 aromatic carbocycles. The number of aromatic nitrogens is 1. The molecular weight excluding hydrogens is 202 g/mol. The van der Waals surface area contributed by atoms with Crippen molar-refractivity contribution in [2.75, 3.05) is 0 Å². The first kappa shape index (κ1) is 10.5. The molecule has 2 aromatic rings. The van der Waals surface area contributed by atoms with Gasteiger partial charge < -0.3 is 9.84 Å². The van der Waals surface area contributed by atoms with Crippen LogP contribution in [0.4, 0.5) is 0 Å². The number of hydrogen-bond donors (Lipinski definition) is 1. The second-order valence-electron chi connectivity index (χ2n) is 3.39. The Morgan fingerprint density at radius 1 is 1.12 bits per heavy atom. The zero-order valence-electron chi connectivity index (χ0n) is 9.05. The van der Waals surface area contributed by atoms with Gasteiger partial charge in [0.05, 0.1) is 0 Å². The van der Waals surface area contributed by atoms with Crippen LogP contribution in [-0.2, 0) is 6.42 Å². The van der Waals surface area contributed by atoms with Crippen molar-refractivity contribution in [2.45, 2.75) is 13.3 Å². The fraction of sp³-hybridized carbons (Fsp3) is 0.154. The summed E-state index contributed by atoms with van der Waals surface area (Å²) in [5.74, 6) is 0.996. The van der Waals surface area contributed by atoms with Gasteiger partial charge >= 0.3 is 0 Å². The van der Waals surface area contributed by atoms with Crippen molar-refractivity contribution in [3.63, 3.8) is 0 Å². The Morgan fingerprint density at radius 3 is 2.50 bits per heavy atom. The van der Waals surface area contributed by atoms with Gasteiger partial charge in [-0.15, -0.1) is 0 Å². The predicted octanol–water partition coefficient (Wildman–Crippen LogP) is 3.14. The summed E-state index contributed by atoms with van der Waals surface area (Å²) in [5.41, 5.74) is 0.845. The number of para-hydroxylation sites is 1. The highest BCUT2D eigenvalue weighted by molar-refractivity contribution is 5.38. The minimum atomic E-state index is -0.0665. The third-order valence-electron chi connectivity index (χ3n) is 2.23. The Bertz CT molecular complexity index is 469. The van der Waals surface area contributed by atoms with Crippen molar-refractivity contribution in [2.24, 2.45) is 0 Å². The van der Waals surface area contributed by atoms with Gasteiger partial charge in [0.15, 0.2) is 5.75 Å². The van der Waals surface area contributed by atoms with E-state index in [1.54, 1.807) is 6.07 Å². The van der Waals surface area contributed by atoms with Crippen LogP contribution in [0.3, 0.4) is 0 Å². The zero-order valence-corrected chi connectivity index (χ0v) is 9.05. The lowest BCUT2D eigenvalue weighted by atomic mass is 10.3. The van der Waals surface area contributed by atoms with Gasteiger partial charge in [-0.3, -0.25) is 0 Å². The number of pyridine rings is 1. The maximum Gasteiger partial charge on any atom is 0.255 e. The van der Waals surface area contributed by atoms with Gasteiger partial charge in [0.2, 0.25) is 0 Å². The highest BCUT2D eigenvalue weighted by Crippen LogP contribution is 2.28. The lowest BCUT2D eigenvalue weighted by Gasteiger charge is -2.07. The van der Waals surface area contributed by atoms with Gasteiger partial charge in [-0.2, -0.15) is 0 Å². The van der Waals surface area contributed by atoms with E-state index in [1.807, 2.05) is 43.3 Å². The molecule has 0 aliphatic carbocycles. The third kappa shape index (κ3) is 2.31. The topological polar surface area (TPSA) is 42.4 Å². The van der Waals surface area contributed by atoms with E-state index >= 15 is 0 Å². The van der Waals surface area contributed by atoms with Gasteiger partial charge in [-0.1, -0.05) is 25.1 Å². The Labute approximate surface area is 94.3 Å². The van der Waals surface area contributed by atoms with Gasteiger partial charge in [-0.05, 0) is 30.7 Å². The number of aromatic hydroxyl groups is 1. The molecule has 0 spiro atoms. The molecule has 16 heavy (non-hydrogen) atoms. The quantitative estimate of drug-likeness (QED) is 0.855. The van der Waals surface area contributed by atoms with E-state index in [0.29, 0.717) is 11.5 Å². The van der Waals surface area contributed by atoms with Crippen LogP contribution in [0.5, 0.6) is 17.4 Å². The van der Waals surface area contributed by atoms with Crippen LogP contribution >= 0.6 is 0 Å². The van der Waals surface area contributed by atoms with E-state index in [1.165, 1.54) is 0 Å². The van der Waals surface area contributed by atoms with E-state index in [-0.39, 0.29) is 5.88 Å². The number of aryl methyl sites for hydroxylation is 1. The number of ether oxygens (including phenoxy) is 1. The highest BCUT2D eigenvalue weighted by atomic mass is 16.5. The van der Waals surface area contributed by atoms with Crippen LogP contribution in [-0.4, -0.2) is 10.1 Å². The van der Waals surface area contributed by atoms with Crippen LogP contribution in [0.25, 0.3) is 0 Å². The lowest BCUT2D eigenvalue weighted by molar-refractivity contribution is 0.394. The molecule has 3 nitrogen and oxygen atoms in total. The zero-order chi connectivity index (χ0) is 11.4. The summed E-state index contributed by atoms with van der Waals surface area (Å²) >= 11 is 0. The number of hydrogen-bond acceptors (Lipinski definition) is 3. The average molecular weight is 215 g/mol. The number of nitrogens with zero attached hydrogens (tertiary/aromatic N) is 1.